The third-order valence-corrected chi connectivity index (χ3v) is 18.8. The van der Waals surface area contributed by atoms with Gasteiger partial charge in [0, 0.05) is 83.4 Å². The van der Waals surface area contributed by atoms with Gasteiger partial charge in [0.15, 0.2) is 0 Å². The van der Waals surface area contributed by atoms with E-state index in [1.807, 2.05) is 21.6 Å². The van der Waals surface area contributed by atoms with Crippen molar-refractivity contribution in [2.45, 2.75) is 290 Å². The summed E-state index contributed by atoms with van der Waals surface area (Å²) in [6.07, 6.45) is 65.5. The van der Waals surface area contributed by atoms with Crippen molar-refractivity contribution in [3.05, 3.63) is 72.9 Å². The Morgan fingerprint density at radius 3 is 1.19 bits per heavy atom. The van der Waals surface area contributed by atoms with Crippen molar-refractivity contribution < 1.29 is 30.0 Å². The molecule has 0 aromatic rings. The number of rotatable bonds is 63. The first-order valence-corrected chi connectivity index (χ1v) is 38.1. The number of carbonyl (C=O) groups is 1. The van der Waals surface area contributed by atoms with E-state index in [-0.39, 0.29) is 30.4 Å². The largest absolute Gasteiger partial charge is 0.464 e. The average Bonchev–Trinajstić information content (AvgIpc) is 3.52. The number of aliphatic hydroxyl groups is 4. The second-order valence-corrected chi connectivity index (χ2v) is 27.2. The summed E-state index contributed by atoms with van der Waals surface area (Å²) in [4.78, 5) is 22.3. The van der Waals surface area contributed by atoms with E-state index in [1.54, 1.807) is 0 Å². The first-order chi connectivity index (χ1) is 41.7. The zero-order valence-corrected chi connectivity index (χ0v) is 57.4. The van der Waals surface area contributed by atoms with Gasteiger partial charge in [0.2, 0.25) is 0 Å². The SMILES string of the molecule is CC/C=C\C/C=C\C/C=C\CCCCCCC(O)CN(CCCCSSCCN1CCN(CCOC(=O)CCCCN(CC(O)CCCCCCCC)CC(O)CCCCCCCC)CC1)CC(O)CCCCCC/C=C\C/C=C\C/C=C\CC. The molecular weight excluding hydrogens is 1090 g/mol. The van der Waals surface area contributed by atoms with Crippen LogP contribution in [-0.2, 0) is 9.53 Å². The molecule has 4 atom stereocenters. The van der Waals surface area contributed by atoms with Crippen LogP contribution >= 0.6 is 21.6 Å². The summed E-state index contributed by atoms with van der Waals surface area (Å²) in [5.74, 6) is 2.11. The Kier molecular flexibility index (Phi) is 61.1. The summed E-state index contributed by atoms with van der Waals surface area (Å²) in [5, 5.41) is 44.1. The van der Waals surface area contributed by atoms with E-state index in [9.17, 15) is 25.2 Å². The number of hydrogen-bond acceptors (Lipinski definition) is 12. The summed E-state index contributed by atoms with van der Waals surface area (Å²) in [6.45, 7) is 19.4. The zero-order valence-electron chi connectivity index (χ0n) is 55.7. The summed E-state index contributed by atoms with van der Waals surface area (Å²) >= 11 is 0. The number of ether oxygens (including phenoxy) is 1. The van der Waals surface area contributed by atoms with Crippen LogP contribution in [0.15, 0.2) is 72.9 Å². The van der Waals surface area contributed by atoms with E-state index < -0.39 is 0 Å². The molecular formula is C73H136N4O6S2. The molecule has 85 heavy (non-hydrogen) atoms. The van der Waals surface area contributed by atoms with Crippen molar-refractivity contribution >= 4 is 27.6 Å². The average molecular weight is 1230 g/mol. The van der Waals surface area contributed by atoms with Crippen molar-refractivity contribution in [3.63, 3.8) is 0 Å². The molecule has 0 spiro atoms. The van der Waals surface area contributed by atoms with Crippen LogP contribution in [0.3, 0.4) is 0 Å². The summed E-state index contributed by atoms with van der Waals surface area (Å²) in [5.41, 5.74) is 0. The molecule has 1 aliphatic heterocycles. The van der Waals surface area contributed by atoms with E-state index >= 15 is 0 Å². The molecule has 1 rings (SSSR count). The monoisotopic (exact) mass is 1230 g/mol. The minimum absolute atomic E-state index is 0.121. The number of esters is 1. The highest BCUT2D eigenvalue weighted by molar-refractivity contribution is 8.76. The van der Waals surface area contributed by atoms with Crippen molar-refractivity contribution in [1.82, 2.24) is 19.6 Å². The third kappa shape index (κ3) is 57.2. The lowest BCUT2D eigenvalue weighted by molar-refractivity contribution is -0.144. The van der Waals surface area contributed by atoms with E-state index in [0.717, 1.165) is 205 Å². The minimum Gasteiger partial charge on any atom is -0.464 e. The Morgan fingerprint density at radius 1 is 0.412 bits per heavy atom. The summed E-state index contributed by atoms with van der Waals surface area (Å²) in [7, 11) is 3.97. The van der Waals surface area contributed by atoms with E-state index in [1.165, 1.54) is 89.9 Å². The second kappa shape index (κ2) is 63.8. The van der Waals surface area contributed by atoms with Gasteiger partial charge in [0.25, 0.3) is 0 Å². The van der Waals surface area contributed by atoms with Crippen molar-refractivity contribution in [2.24, 2.45) is 0 Å². The van der Waals surface area contributed by atoms with Gasteiger partial charge in [-0.25, -0.2) is 0 Å². The maximum absolute atomic E-state index is 12.7. The Morgan fingerprint density at radius 2 is 0.765 bits per heavy atom. The van der Waals surface area contributed by atoms with Gasteiger partial charge in [-0.15, -0.1) is 0 Å². The lowest BCUT2D eigenvalue weighted by Crippen LogP contribution is -2.47. The number of carbonyl (C=O) groups excluding carboxylic acids is 1. The fraction of sp³-hybridized carbons (Fsp3) is 0.822. The number of piperazine rings is 1. The smallest absolute Gasteiger partial charge is 0.305 e. The Balaban J connectivity index is 2.38. The van der Waals surface area contributed by atoms with Crippen LogP contribution in [0.5, 0.6) is 0 Å². The molecule has 4 N–H and O–H groups in total. The molecule has 0 aliphatic carbocycles. The van der Waals surface area contributed by atoms with Gasteiger partial charge >= 0.3 is 5.97 Å². The number of allylic oxidation sites excluding steroid dienone is 12. The van der Waals surface area contributed by atoms with Gasteiger partial charge in [-0.2, -0.15) is 0 Å². The van der Waals surface area contributed by atoms with Crippen LogP contribution in [0, 0.1) is 0 Å². The fourth-order valence-corrected chi connectivity index (χ4v) is 13.2. The highest BCUT2D eigenvalue weighted by atomic mass is 33.1. The van der Waals surface area contributed by atoms with Gasteiger partial charge in [-0.3, -0.25) is 24.4 Å². The second-order valence-electron chi connectivity index (χ2n) is 24.5. The van der Waals surface area contributed by atoms with Crippen molar-refractivity contribution in [3.8, 4) is 0 Å². The van der Waals surface area contributed by atoms with Crippen LogP contribution in [-0.4, -0.2) is 167 Å². The number of hydrogen-bond donors (Lipinski definition) is 4. The van der Waals surface area contributed by atoms with Gasteiger partial charge in [0.1, 0.15) is 6.61 Å². The fourth-order valence-electron chi connectivity index (χ4n) is 11.0. The predicted molar refractivity (Wildman–Crippen MR) is 374 cm³/mol. The molecule has 0 saturated carbocycles. The molecule has 496 valence electrons. The standard InChI is InChI=1S/C73H136N4O6S2/c1-5-9-13-17-21-23-25-27-29-31-33-35-39-43-51-71(80)67-77(68-72(81)52-44-40-36-34-32-30-28-26-24-22-18-14-10-6-2)55-47-48-63-84-85-64-61-75-58-56-74(57-59-75)60-62-83-73(82)53-45-46-54-76(65-69(78)49-41-37-19-15-11-7-3)66-70(79)50-42-38-20-16-12-8-4/h9-10,13-14,21-24,27-30,69-72,78-81H,5-8,11-12,15-20,25-26,31-68H2,1-4H3/b13-9-,14-10-,23-21-,24-22-,29-27-,30-28-. The van der Waals surface area contributed by atoms with E-state index in [0.29, 0.717) is 39.2 Å². The third-order valence-electron chi connectivity index (χ3n) is 16.3. The summed E-state index contributed by atoms with van der Waals surface area (Å²) in [6, 6.07) is 0. The molecule has 1 aliphatic rings. The topological polar surface area (TPSA) is 120 Å². The minimum atomic E-state index is -0.377. The number of aliphatic hydroxyl groups excluding tert-OH is 4. The first kappa shape index (κ1) is 81.3. The highest BCUT2D eigenvalue weighted by Gasteiger charge is 2.20. The van der Waals surface area contributed by atoms with Crippen LogP contribution in [0.4, 0.5) is 0 Å². The van der Waals surface area contributed by atoms with Crippen molar-refractivity contribution in [2.75, 3.05) is 96.6 Å². The number of nitrogens with zero attached hydrogens (tertiary/aromatic N) is 4. The quantitative estimate of drug-likeness (QED) is 0.0201. The molecule has 12 heteroatoms. The molecule has 0 bridgehead atoms. The normalized spacial score (nSPS) is 15.5. The molecule has 0 aromatic heterocycles. The molecule has 0 aromatic carbocycles. The molecule has 10 nitrogen and oxygen atoms in total. The van der Waals surface area contributed by atoms with Crippen molar-refractivity contribution in [1.29, 1.82) is 0 Å². The molecule has 0 radical (unpaired) electrons. The summed E-state index contributed by atoms with van der Waals surface area (Å²) < 4.78 is 5.70. The maximum atomic E-state index is 12.7. The molecule has 0 amide bonds. The lowest BCUT2D eigenvalue weighted by atomic mass is 10.1. The molecule has 1 fully saturated rings. The van der Waals surface area contributed by atoms with Gasteiger partial charge in [-0.1, -0.05) is 238 Å². The van der Waals surface area contributed by atoms with E-state index in [4.69, 9.17) is 4.74 Å². The molecule has 4 unspecified atom stereocenters. The lowest BCUT2D eigenvalue weighted by Gasteiger charge is -2.34. The number of unbranched alkanes of at least 4 members (excludes halogenated alkanes) is 20. The van der Waals surface area contributed by atoms with Crippen LogP contribution in [0.1, 0.15) is 265 Å². The van der Waals surface area contributed by atoms with Gasteiger partial charge in [0.05, 0.1) is 24.4 Å². The maximum Gasteiger partial charge on any atom is 0.305 e. The Bertz CT molecular complexity index is 1520. The Labute approximate surface area is 533 Å². The molecule has 1 saturated heterocycles. The van der Waals surface area contributed by atoms with E-state index in [2.05, 4.69) is 120 Å². The predicted octanol–water partition coefficient (Wildman–Crippen LogP) is 17.4. The van der Waals surface area contributed by atoms with Gasteiger partial charge in [-0.05, 0) is 129 Å². The zero-order chi connectivity index (χ0) is 61.6. The highest BCUT2D eigenvalue weighted by Crippen LogP contribution is 2.23. The van der Waals surface area contributed by atoms with Crippen LogP contribution < -0.4 is 0 Å². The first-order valence-electron chi connectivity index (χ1n) is 35.6. The Hall–Kier alpha value is -1.71. The van der Waals surface area contributed by atoms with Crippen LogP contribution in [0.2, 0.25) is 0 Å². The molecule has 1 heterocycles. The van der Waals surface area contributed by atoms with Crippen LogP contribution in [0.25, 0.3) is 0 Å². The van der Waals surface area contributed by atoms with Gasteiger partial charge < -0.3 is 25.2 Å².